The summed E-state index contributed by atoms with van der Waals surface area (Å²) in [4.78, 5) is 23.5. The molecule has 0 N–H and O–H groups in total. The molecule has 1 spiro atoms. The third-order valence-corrected chi connectivity index (χ3v) is 6.23. The van der Waals surface area contributed by atoms with Crippen LogP contribution < -0.4 is 0 Å². The Morgan fingerprint density at radius 1 is 1.19 bits per heavy atom. The van der Waals surface area contributed by atoms with Crippen LogP contribution in [0.1, 0.15) is 67.2 Å². The normalized spacial score (nSPS) is 32.3. The Morgan fingerprint density at radius 3 is 2.59 bits per heavy atom. The minimum Gasteiger partial charge on any atom is -0.458 e. The molecule has 0 amide bonds. The first-order valence-corrected chi connectivity index (χ1v) is 11.5. The molecule has 174 valence electrons. The van der Waals surface area contributed by atoms with E-state index in [1.165, 1.54) is 23.6 Å². The highest BCUT2D eigenvalue weighted by Crippen LogP contribution is 2.43. The Morgan fingerprint density at radius 2 is 1.94 bits per heavy atom. The summed E-state index contributed by atoms with van der Waals surface area (Å²) < 4.78 is 18.4. The first kappa shape index (κ1) is 24.4. The predicted octanol–water partition coefficient (Wildman–Crippen LogP) is 5.53. The lowest BCUT2D eigenvalue weighted by atomic mass is 9.78. The van der Waals surface area contributed by atoms with Crippen molar-refractivity contribution in [2.75, 3.05) is 0 Å². The molecule has 5 unspecified atom stereocenters. The lowest BCUT2D eigenvalue weighted by Crippen LogP contribution is -2.49. The van der Waals surface area contributed by atoms with Gasteiger partial charge in [-0.3, -0.25) is 9.59 Å². The highest BCUT2D eigenvalue weighted by molar-refractivity contribution is 5.75. The number of hydrogen-bond acceptors (Lipinski definition) is 5. The molecular weight excluding hydrogens is 404 g/mol. The number of aldehydes is 1. The van der Waals surface area contributed by atoms with E-state index in [2.05, 4.69) is 39.8 Å². The van der Waals surface area contributed by atoms with E-state index in [4.69, 9.17) is 14.2 Å². The molecule has 5 nitrogen and oxygen atoms in total. The number of esters is 1. The maximum Gasteiger partial charge on any atom is 0.303 e. The van der Waals surface area contributed by atoms with Gasteiger partial charge in [0.25, 0.3) is 0 Å². The summed E-state index contributed by atoms with van der Waals surface area (Å²) in [6.07, 6.45) is 13.6. The second kappa shape index (κ2) is 10.1. The molecule has 0 aromatic heterocycles. The quantitative estimate of drug-likeness (QED) is 0.309. The van der Waals surface area contributed by atoms with Crippen LogP contribution in [0.4, 0.5) is 0 Å². The zero-order valence-electron chi connectivity index (χ0n) is 20.1. The number of ether oxygens (including phenoxy) is 3. The van der Waals surface area contributed by atoms with E-state index in [0.29, 0.717) is 12.0 Å². The molecule has 3 rings (SSSR count). The van der Waals surface area contributed by atoms with E-state index in [1.54, 1.807) is 0 Å². The molecule has 0 bridgehead atoms. The van der Waals surface area contributed by atoms with E-state index < -0.39 is 5.79 Å². The number of carbonyl (C=O) groups excluding carboxylic acids is 2. The zero-order valence-corrected chi connectivity index (χ0v) is 20.1. The first-order chi connectivity index (χ1) is 15.1. The fourth-order valence-electron chi connectivity index (χ4n) is 4.78. The van der Waals surface area contributed by atoms with Crippen LogP contribution in [0.3, 0.4) is 0 Å². The highest BCUT2D eigenvalue weighted by atomic mass is 16.7. The molecule has 0 aromatic carbocycles. The van der Waals surface area contributed by atoms with Gasteiger partial charge >= 0.3 is 5.97 Å². The van der Waals surface area contributed by atoms with Crippen molar-refractivity contribution in [1.82, 2.24) is 0 Å². The zero-order chi connectivity index (χ0) is 23.5. The second-order valence-corrected chi connectivity index (χ2v) is 9.60. The Hall–Kier alpha value is -2.24. The SMILES string of the molecule is CC(=O)OC1CC2C(C=O)=CC3(C=C(C)CC(C=C(C)CCC=C(C)C)O3)OC2C=C1C. The fraction of sp³-hybridized carbons (Fsp3) is 0.556. The van der Waals surface area contributed by atoms with Gasteiger partial charge in [0.05, 0.1) is 12.2 Å². The number of carbonyl (C=O) groups is 2. The van der Waals surface area contributed by atoms with Crippen molar-refractivity contribution in [1.29, 1.82) is 0 Å². The van der Waals surface area contributed by atoms with Crippen molar-refractivity contribution in [3.8, 4) is 0 Å². The van der Waals surface area contributed by atoms with Gasteiger partial charge in [0.2, 0.25) is 5.79 Å². The Kier molecular flexibility index (Phi) is 7.73. The number of allylic oxidation sites excluding steroid dienone is 3. The fourth-order valence-corrected chi connectivity index (χ4v) is 4.78. The molecule has 2 heterocycles. The summed E-state index contributed by atoms with van der Waals surface area (Å²) in [5.74, 6) is -1.55. The number of fused-ring (bicyclic) bond motifs is 1. The van der Waals surface area contributed by atoms with Gasteiger partial charge in [-0.05, 0) is 83.6 Å². The maximum atomic E-state index is 12.0. The van der Waals surface area contributed by atoms with E-state index in [0.717, 1.165) is 31.1 Å². The van der Waals surface area contributed by atoms with E-state index in [9.17, 15) is 9.59 Å². The molecule has 32 heavy (non-hydrogen) atoms. The predicted molar refractivity (Wildman–Crippen MR) is 125 cm³/mol. The Balaban J connectivity index is 1.83. The van der Waals surface area contributed by atoms with Crippen LogP contribution in [0, 0.1) is 5.92 Å². The first-order valence-electron chi connectivity index (χ1n) is 11.5. The van der Waals surface area contributed by atoms with Gasteiger partial charge in [0.15, 0.2) is 0 Å². The molecule has 5 atom stereocenters. The van der Waals surface area contributed by atoms with Crippen molar-refractivity contribution in [2.45, 2.75) is 91.3 Å². The molecule has 0 fully saturated rings. The minimum absolute atomic E-state index is 0.116. The summed E-state index contributed by atoms with van der Waals surface area (Å²) in [5.41, 5.74) is 5.35. The summed E-state index contributed by atoms with van der Waals surface area (Å²) >= 11 is 0. The van der Waals surface area contributed by atoms with Crippen molar-refractivity contribution in [2.24, 2.45) is 5.92 Å². The molecule has 0 saturated carbocycles. The Bertz CT molecular complexity index is 899. The molecule has 2 aliphatic heterocycles. The van der Waals surface area contributed by atoms with E-state index in [1.807, 2.05) is 25.2 Å². The van der Waals surface area contributed by atoms with Gasteiger partial charge in [-0.2, -0.15) is 0 Å². The summed E-state index contributed by atoms with van der Waals surface area (Å²) in [6, 6.07) is 0. The van der Waals surface area contributed by atoms with Crippen molar-refractivity contribution >= 4 is 12.3 Å². The minimum atomic E-state index is -1.06. The average Bonchev–Trinajstić information content (AvgIpc) is 2.67. The van der Waals surface area contributed by atoms with Gasteiger partial charge in [-0.25, -0.2) is 0 Å². The number of hydrogen-bond donors (Lipinski definition) is 0. The summed E-state index contributed by atoms with van der Waals surface area (Å²) in [5, 5.41) is 0. The van der Waals surface area contributed by atoms with Gasteiger partial charge in [-0.15, -0.1) is 0 Å². The summed E-state index contributed by atoms with van der Waals surface area (Å²) in [7, 11) is 0. The van der Waals surface area contributed by atoms with Crippen LogP contribution in [0.25, 0.3) is 0 Å². The lowest BCUT2D eigenvalue weighted by molar-refractivity contribution is -0.226. The molecule has 0 aromatic rings. The lowest BCUT2D eigenvalue weighted by Gasteiger charge is -2.46. The van der Waals surface area contributed by atoms with Gasteiger partial charge in [-0.1, -0.05) is 34.9 Å². The van der Waals surface area contributed by atoms with Crippen LogP contribution >= 0.6 is 0 Å². The molecule has 5 heteroatoms. The third kappa shape index (κ3) is 5.96. The van der Waals surface area contributed by atoms with Crippen molar-refractivity contribution in [3.63, 3.8) is 0 Å². The van der Waals surface area contributed by atoms with Crippen LogP contribution in [0.5, 0.6) is 0 Å². The van der Waals surface area contributed by atoms with Crippen molar-refractivity contribution in [3.05, 3.63) is 58.2 Å². The average molecular weight is 441 g/mol. The van der Waals surface area contributed by atoms with Gasteiger partial charge < -0.3 is 14.2 Å². The van der Waals surface area contributed by atoms with E-state index in [-0.39, 0.29) is 30.2 Å². The second-order valence-electron chi connectivity index (χ2n) is 9.60. The van der Waals surface area contributed by atoms with Crippen LogP contribution in [0.2, 0.25) is 0 Å². The van der Waals surface area contributed by atoms with Gasteiger partial charge in [0, 0.05) is 12.8 Å². The number of rotatable bonds is 6. The van der Waals surface area contributed by atoms with Crippen LogP contribution in [0.15, 0.2) is 58.2 Å². The monoisotopic (exact) mass is 440 g/mol. The molecule has 0 radical (unpaired) electrons. The molecular formula is C27H36O5. The Labute approximate surface area is 191 Å². The largest absolute Gasteiger partial charge is 0.458 e. The summed E-state index contributed by atoms with van der Waals surface area (Å²) in [6.45, 7) is 11.8. The molecule has 3 aliphatic rings. The van der Waals surface area contributed by atoms with E-state index >= 15 is 0 Å². The maximum absolute atomic E-state index is 12.0. The third-order valence-electron chi connectivity index (χ3n) is 6.23. The smallest absolute Gasteiger partial charge is 0.303 e. The molecule has 0 saturated heterocycles. The highest BCUT2D eigenvalue weighted by Gasteiger charge is 2.46. The topological polar surface area (TPSA) is 61.8 Å². The van der Waals surface area contributed by atoms with Crippen LogP contribution in [-0.4, -0.2) is 36.4 Å². The van der Waals surface area contributed by atoms with Gasteiger partial charge in [0.1, 0.15) is 12.4 Å². The van der Waals surface area contributed by atoms with Crippen molar-refractivity contribution < 1.29 is 23.8 Å². The molecule has 1 aliphatic carbocycles. The van der Waals surface area contributed by atoms with Crippen LogP contribution in [-0.2, 0) is 23.8 Å². The standard InChI is InChI=1S/C27H36O5/c1-17(2)8-7-9-18(3)10-23-11-19(4)14-27(31-23)15-22(16-28)24-13-25(30-21(6)29)20(5)12-26(24)32-27/h8,10,12,14-16,23-26H,7,9,11,13H2,1-6H3.